The van der Waals surface area contributed by atoms with Gasteiger partial charge in [-0.3, -0.25) is 4.79 Å². The van der Waals surface area contributed by atoms with Crippen molar-refractivity contribution in [2.45, 2.75) is 25.8 Å². The number of piperidine rings is 1. The van der Waals surface area contributed by atoms with Crippen LogP contribution in [0.4, 0.5) is 0 Å². The summed E-state index contributed by atoms with van der Waals surface area (Å²) in [6, 6.07) is 8.81. The van der Waals surface area contributed by atoms with Crippen molar-refractivity contribution in [3.05, 3.63) is 35.9 Å². The summed E-state index contributed by atoms with van der Waals surface area (Å²) in [5.41, 5.74) is 0.825. The zero-order chi connectivity index (χ0) is 14.4. The number of nitrogens with one attached hydrogen (secondary N) is 1. The van der Waals surface area contributed by atoms with E-state index in [9.17, 15) is 9.90 Å². The van der Waals surface area contributed by atoms with E-state index in [1.807, 2.05) is 30.3 Å². The Morgan fingerprint density at radius 1 is 1.35 bits per heavy atom. The zero-order valence-electron chi connectivity index (χ0n) is 12.1. The number of aliphatic carboxylic acids is 1. The van der Waals surface area contributed by atoms with Gasteiger partial charge in [0.2, 0.25) is 0 Å². The lowest BCUT2D eigenvalue weighted by Crippen LogP contribution is -2.39. The molecule has 4 nitrogen and oxygen atoms in total. The van der Waals surface area contributed by atoms with Crippen LogP contribution in [0.15, 0.2) is 30.3 Å². The molecule has 0 radical (unpaired) electrons. The molecule has 1 aromatic rings. The van der Waals surface area contributed by atoms with E-state index in [2.05, 4.69) is 17.1 Å². The van der Waals surface area contributed by atoms with E-state index in [4.69, 9.17) is 0 Å². The van der Waals surface area contributed by atoms with Crippen molar-refractivity contribution in [1.82, 2.24) is 10.2 Å². The Morgan fingerprint density at radius 2 is 2.00 bits per heavy atom. The highest BCUT2D eigenvalue weighted by Gasteiger charge is 2.22. The molecule has 1 saturated heterocycles. The van der Waals surface area contributed by atoms with Gasteiger partial charge in [0.15, 0.2) is 0 Å². The minimum Gasteiger partial charge on any atom is -0.480 e. The standard InChI is InChI=1S/C16H24N2O2/c1-2-18-10-8-13(9-11-18)12-17-15(16(19)20)14-6-4-3-5-7-14/h3-7,13,15,17H,2,8-12H2,1H3,(H,19,20). The third-order valence-electron chi connectivity index (χ3n) is 4.14. The highest BCUT2D eigenvalue weighted by atomic mass is 16.4. The summed E-state index contributed by atoms with van der Waals surface area (Å²) in [4.78, 5) is 13.8. The molecule has 0 saturated carbocycles. The molecule has 20 heavy (non-hydrogen) atoms. The Hall–Kier alpha value is -1.39. The summed E-state index contributed by atoms with van der Waals surface area (Å²) in [6.45, 7) is 6.34. The third kappa shape index (κ3) is 4.05. The molecule has 1 aliphatic heterocycles. The van der Waals surface area contributed by atoms with Gasteiger partial charge >= 0.3 is 5.97 Å². The van der Waals surface area contributed by atoms with E-state index in [0.717, 1.165) is 44.6 Å². The SMILES string of the molecule is CCN1CCC(CNC(C(=O)O)c2ccccc2)CC1. The molecule has 0 spiro atoms. The molecule has 0 bridgehead atoms. The maximum atomic E-state index is 11.4. The van der Waals surface area contributed by atoms with Gasteiger partial charge in [-0.05, 0) is 50.5 Å². The van der Waals surface area contributed by atoms with E-state index in [1.54, 1.807) is 0 Å². The molecule has 1 aromatic carbocycles. The first-order valence-corrected chi connectivity index (χ1v) is 7.44. The second kappa shape index (κ2) is 7.41. The molecule has 1 unspecified atom stereocenters. The third-order valence-corrected chi connectivity index (χ3v) is 4.14. The van der Waals surface area contributed by atoms with Crippen molar-refractivity contribution in [2.75, 3.05) is 26.2 Å². The van der Waals surface area contributed by atoms with Crippen LogP contribution in [0.5, 0.6) is 0 Å². The Bertz CT molecular complexity index is 414. The maximum absolute atomic E-state index is 11.4. The molecule has 110 valence electrons. The summed E-state index contributed by atoms with van der Waals surface area (Å²) in [6.07, 6.45) is 2.31. The van der Waals surface area contributed by atoms with Crippen molar-refractivity contribution < 1.29 is 9.90 Å². The van der Waals surface area contributed by atoms with Crippen LogP contribution in [0, 0.1) is 5.92 Å². The number of carboxylic acids is 1. The summed E-state index contributed by atoms with van der Waals surface area (Å²) in [5, 5.41) is 12.6. The van der Waals surface area contributed by atoms with E-state index in [1.165, 1.54) is 0 Å². The quantitative estimate of drug-likeness (QED) is 0.836. The molecule has 1 aliphatic rings. The van der Waals surface area contributed by atoms with Crippen LogP contribution >= 0.6 is 0 Å². The van der Waals surface area contributed by atoms with Gasteiger partial charge in [-0.15, -0.1) is 0 Å². The monoisotopic (exact) mass is 276 g/mol. The molecule has 1 atom stereocenters. The van der Waals surface area contributed by atoms with Gasteiger partial charge in [0.05, 0.1) is 0 Å². The second-order valence-electron chi connectivity index (χ2n) is 5.47. The number of carboxylic acid groups (broad SMARTS) is 1. The predicted molar refractivity (Wildman–Crippen MR) is 79.7 cm³/mol. The molecular formula is C16H24N2O2. The minimum atomic E-state index is -0.804. The molecule has 0 aromatic heterocycles. The number of hydrogen-bond acceptors (Lipinski definition) is 3. The summed E-state index contributed by atoms with van der Waals surface area (Å²) < 4.78 is 0. The lowest BCUT2D eigenvalue weighted by atomic mass is 9.96. The minimum absolute atomic E-state index is 0.586. The molecule has 1 fully saturated rings. The normalized spacial score (nSPS) is 18.9. The van der Waals surface area contributed by atoms with Crippen LogP contribution in [0.25, 0.3) is 0 Å². The van der Waals surface area contributed by atoms with Gasteiger partial charge in [-0.25, -0.2) is 0 Å². The zero-order valence-corrected chi connectivity index (χ0v) is 12.1. The summed E-state index contributed by atoms with van der Waals surface area (Å²) in [5.74, 6) is -0.217. The van der Waals surface area contributed by atoms with Crippen LogP contribution in [0.3, 0.4) is 0 Å². The molecular weight excluding hydrogens is 252 g/mol. The van der Waals surface area contributed by atoms with Crippen LogP contribution in [-0.2, 0) is 4.79 Å². The molecule has 1 heterocycles. The van der Waals surface area contributed by atoms with E-state index < -0.39 is 12.0 Å². The fraction of sp³-hybridized carbons (Fsp3) is 0.562. The van der Waals surface area contributed by atoms with Crippen LogP contribution in [0.2, 0.25) is 0 Å². The Balaban J connectivity index is 1.86. The summed E-state index contributed by atoms with van der Waals surface area (Å²) >= 11 is 0. The van der Waals surface area contributed by atoms with Crippen LogP contribution in [-0.4, -0.2) is 42.2 Å². The first kappa shape index (κ1) is 15.0. The largest absolute Gasteiger partial charge is 0.480 e. The molecule has 2 N–H and O–H groups in total. The highest BCUT2D eigenvalue weighted by Crippen LogP contribution is 2.18. The van der Waals surface area contributed by atoms with E-state index in [-0.39, 0.29) is 0 Å². The van der Waals surface area contributed by atoms with Crippen molar-refractivity contribution in [3.63, 3.8) is 0 Å². The van der Waals surface area contributed by atoms with Gasteiger partial charge in [0, 0.05) is 0 Å². The van der Waals surface area contributed by atoms with Gasteiger partial charge < -0.3 is 15.3 Å². The Labute approximate surface area is 120 Å². The fourth-order valence-electron chi connectivity index (χ4n) is 2.78. The second-order valence-corrected chi connectivity index (χ2v) is 5.47. The van der Waals surface area contributed by atoms with Crippen LogP contribution < -0.4 is 5.32 Å². The van der Waals surface area contributed by atoms with Crippen LogP contribution in [0.1, 0.15) is 31.4 Å². The Morgan fingerprint density at radius 3 is 2.55 bits per heavy atom. The van der Waals surface area contributed by atoms with Gasteiger partial charge in [-0.1, -0.05) is 37.3 Å². The number of hydrogen-bond donors (Lipinski definition) is 2. The topological polar surface area (TPSA) is 52.6 Å². The highest BCUT2D eigenvalue weighted by molar-refractivity contribution is 5.75. The van der Waals surface area contributed by atoms with E-state index in [0.29, 0.717) is 5.92 Å². The van der Waals surface area contributed by atoms with Crippen molar-refractivity contribution in [1.29, 1.82) is 0 Å². The Kier molecular flexibility index (Phi) is 5.56. The van der Waals surface area contributed by atoms with Crippen molar-refractivity contribution >= 4 is 5.97 Å². The molecule has 0 amide bonds. The molecule has 0 aliphatic carbocycles. The predicted octanol–water partition coefficient (Wildman–Crippen LogP) is 2.13. The summed E-state index contributed by atoms with van der Waals surface area (Å²) in [7, 11) is 0. The fourth-order valence-corrected chi connectivity index (χ4v) is 2.78. The lowest BCUT2D eigenvalue weighted by molar-refractivity contribution is -0.139. The number of nitrogens with zero attached hydrogens (tertiary/aromatic N) is 1. The number of carbonyl (C=O) groups is 1. The van der Waals surface area contributed by atoms with Crippen molar-refractivity contribution in [3.8, 4) is 0 Å². The average molecular weight is 276 g/mol. The van der Waals surface area contributed by atoms with Crippen molar-refractivity contribution in [2.24, 2.45) is 5.92 Å². The maximum Gasteiger partial charge on any atom is 0.325 e. The molecule has 4 heteroatoms. The molecule has 2 rings (SSSR count). The smallest absolute Gasteiger partial charge is 0.325 e. The average Bonchev–Trinajstić information content (AvgIpc) is 2.49. The van der Waals surface area contributed by atoms with E-state index >= 15 is 0 Å². The number of benzene rings is 1. The van der Waals surface area contributed by atoms with Gasteiger partial charge in [0.25, 0.3) is 0 Å². The lowest BCUT2D eigenvalue weighted by Gasteiger charge is -2.31. The number of likely N-dealkylation sites (tertiary alicyclic amines) is 1. The van der Waals surface area contributed by atoms with Gasteiger partial charge in [0.1, 0.15) is 6.04 Å². The number of rotatable bonds is 6. The first-order chi connectivity index (χ1) is 9.70. The van der Waals surface area contributed by atoms with Gasteiger partial charge in [-0.2, -0.15) is 0 Å². The first-order valence-electron chi connectivity index (χ1n) is 7.44.